The van der Waals surface area contributed by atoms with Gasteiger partial charge in [0.15, 0.2) is 17.3 Å². The molecule has 0 radical (unpaired) electrons. The molecule has 0 fully saturated rings. The summed E-state index contributed by atoms with van der Waals surface area (Å²) in [7, 11) is 2.85. The Morgan fingerprint density at radius 3 is 2.53 bits per heavy atom. The van der Waals surface area contributed by atoms with Crippen molar-refractivity contribution in [2.75, 3.05) is 14.2 Å². The summed E-state index contributed by atoms with van der Waals surface area (Å²) in [6, 6.07) is 2.79. The summed E-state index contributed by atoms with van der Waals surface area (Å²) in [5.41, 5.74) is 0.877. The Hall–Kier alpha value is -1.42. The van der Waals surface area contributed by atoms with Gasteiger partial charge in [0, 0.05) is 7.11 Å². The van der Waals surface area contributed by atoms with E-state index in [2.05, 4.69) is 0 Å². The molecular formula is C11H13FO3. The standard InChI is InChI=1S/C11H13FO3/c1-7(13)10-8(6-14-2)4-5-9(12)11(10)15-3/h4-5H,6H2,1-3H3. The molecule has 82 valence electrons. The fourth-order valence-corrected chi connectivity index (χ4v) is 1.46. The van der Waals surface area contributed by atoms with Crippen molar-refractivity contribution in [1.82, 2.24) is 0 Å². The van der Waals surface area contributed by atoms with Gasteiger partial charge in [-0.1, -0.05) is 6.07 Å². The minimum atomic E-state index is -0.539. The Kier molecular flexibility index (Phi) is 3.80. The van der Waals surface area contributed by atoms with Crippen LogP contribution in [0.4, 0.5) is 4.39 Å². The molecule has 3 nitrogen and oxygen atoms in total. The molecule has 15 heavy (non-hydrogen) atoms. The summed E-state index contributed by atoms with van der Waals surface area (Å²) in [6.45, 7) is 1.63. The third kappa shape index (κ3) is 2.33. The second kappa shape index (κ2) is 4.89. The van der Waals surface area contributed by atoms with Crippen LogP contribution in [0.2, 0.25) is 0 Å². The lowest BCUT2D eigenvalue weighted by molar-refractivity contribution is 0.100. The zero-order chi connectivity index (χ0) is 11.4. The van der Waals surface area contributed by atoms with Gasteiger partial charge in [-0.05, 0) is 18.6 Å². The fourth-order valence-electron chi connectivity index (χ4n) is 1.46. The molecule has 0 aliphatic rings. The van der Waals surface area contributed by atoms with Crippen molar-refractivity contribution in [2.45, 2.75) is 13.5 Å². The van der Waals surface area contributed by atoms with Gasteiger partial charge >= 0.3 is 0 Å². The molecule has 0 bridgehead atoms. The summed E-state index contributed by atoms with van der Waals surface area (Å²) < 4.78 is 23.1. The van der Waals surface area contributed by atoms with Crippen LogP contribution in [0.25, 0.3) is 0 Å². The first-order valence-electron chi connectivity index (χ1n) is 4.47. The summed E-state index contributed by atoms with van der Waals surface area (Å²) in [5, 5.41) is 0. The molecule has 1 aromatic carbocycles. The van der Waals surface area contributed by atoms with Crippen LogP contribution in [0, 0.1) is 5.82 Å². The van der Waals surface area contributed by atoms with Crippen molar-refractivity contribution in [3.63, 3.8) is 0 Å². The Labute approximate surface area is 87.8 Å². The average Bonchev–Trinajstić information content (AvgIpc) is 2.20. The number of rotatable bonds is 4. The third-order valence-corrected chi connectivity index (χ3v) is 2.05. The van der Waals surface area contributed by atoms with Crippen LogP contribution in [-0.4, -0.2) is 20.0 Å². The van der Waals surface area contributed by atoms with E-state index in [-0.39, 0.29) is 23.7 Å². The van der Waals surface area contributed by atoms with E-state index < -0.39 is 5.82 Å². The molecule has 4 heteroatoms. The van der Waals surface area contributed by atoms with Crippen LogP contribution >= 0.6 is 0 Å². The van der Waals surface area contributed by atoms with Crippen molar-refractivity contribution < 1.29 is 18.7 Å². The Morgan fingerprint density at radius 1 is 1.40 bits per heavy atom. The highest BCUT2D eigenvalue weighted by atomic mass is 19.1. The van der Waals surface area contributed by atoms with Gasteiger partial charge in [-0.3, -0.25) is 4.79 Å². The van der Waals surface area contributed by atoms with E-state index in [1.165, 1.54) is 33.3 Å². The predicted octanol–water partition coefficient (Wildman–Crippen LogP) is 2.18. The monoisotopic (exact) mass is 212 g/mol. The number of Topliss-reactive ketones (excluding diaryl/α,β-unsaturated/α-hetero) is 1. The van der Waals surface area contributed by atoms with Crippen LogP contribution in [0.5, 0.6) is 5.75 Å². The number of ketones is 1. The van der Waals surface area contributed by atoms with Gasteiger partial charge in [-0.2, -0.15) is 0 Å². The van der Waals surface area contributed by atoms with Crippen LogP contribution in [0.3, 0.4) is 0 Å². The first-order chi connectivity index (χ1) is 7.11. The number of halogens is 1. The van der Waals surface area contributed by atoms with Crippen LogP contribution < -0.4 is 4.74 Å². The van der Waals surface area contributed by atoms with Crippen molar-refractivity contribution in [3.8, 4) is 5.75 Å². The smallest absolute Gasteiger partial charge is 0.165 e. The molecule has 0 N–H and O–H groups in total. The van der Waals surface area contributed by atoms with Gasteiger partial charge in [-0.25, -0.2) is 4.39 Å². The van der Waals surface area contributed by atoms with E-state index in [4.69, 9.17) is 9.47 Å². The summed E-state index contributed by atoms with van der Waals surface area (Å²) in [4.78, 5) is 11.4. The lowest BCUT2D eigenvalue weighted by Gasteiger charge is -2.11. The maximum atomic E-state index is 13.3. The number of benzene rings is 1. The molecule has 0 aliphatic carbocycles. The van der Waals surface area contributed by atoms with E-state index in [1.807, 2.05) is 0 Å². The fraction of sp³-hybridized carbons (Fsp3) is 0.364. The topological polar surface area (TPSA) is 35.5 Å². The van der Waals surface area contributed by atoms with E-state index >= 15 is 0 Å². The minimum absolute atomic E-state index is 0.0166. The van der Waals surface area contributed by atoms with E-state index in [0.29, 0.717) is 5.56 Å². The molecule has 0 saturated heterocycles. The zero-order valence-electron chi connectivity index (χ0n) is 8.96. The highest BCUT2D eigenvalue weighted by molar-refractivity contribution is 5.98. The minimum Gasteiger partial charge on any atom is -0.493 e. The molecule has 0 spiro atoms. The highest BCUT2D eigenvalue weighted by Gasteiger charge is 2.17. The number of ether oxygens (including phenoxy) is 2. The first-order valence-corrected chi connectivity index (χ1v) is 4.47. The van der Waals surface area contributed by atoms with Gasteiger partial charge in [-0.15, -0.1) is 0 Å². The third-order valence-electron chi connectivity index (χ3n) is 2.05. The molecule has 0 amide bonds. The largest absolute Gasteiger partial charge is 0.493 e. The Morgan fingerprint density at radius 2 is 2.07 bits per heavy atom. The van der Waals surface area contributed by atoms with E-state index in [1.54, 1.807) is 0 Å². The van der Waals surface area contributed by atoms with Crippen molar-refractivity contribution >= 4 is 5.78 Å². The van der Waals surface area contributed by atoms with Crippen molar-refractivity contribution in [2.24, 2.45) is 0 Å². The summed E-state index contributed by atoms with van der Waals surface area (Å²) >= 11 is 0. The number of methoxy groups -OCH3 is 2. The maximum absolute atomic E-state index is 13.3. The summed E-state index contributed by atoms with van der Waals surface area (Å²) in [5.74, 6) is -0.794. The molecule has 0 aliphatic heterocycles. The van der Waals surface area contributed by atoms with Crippen LogP contribution in [0.1, 0.15) is 22.8 Å². The molecule has 0 unspecified atom stereocenters. The second-order valence-electron chi connectivity index (χ2n) is 3.10. The van der Waals surface area contributed by atoms with Crippen molar-refractivity contribution in [1.29, 1.82) is 0 Å². The molecular weight excluding hydrogens is 199 g/mol. The van der Waals surface area contributed by atoms with E-state index in [9.17, 15) is 9.18 Å². The van der Waals surface area contributed by atoms with Gasteiger partial charge in [0.05, 0.1) is 19.3 Å². The first kappa shape index (κ1) is 11.7. The summed E-state index contributed by atoms with van der Waals surface area (Å²) in [6.07, 6.45) is 0. The average molecular weight is 212 g/mol. The number of hydrogen-bond acceptors (Lipinski definition) is 3. The lowest BCUT2D eigenvalue weighted by atomic mass is 10.0. The van der Waals surface area contributed by atoms with Gasteiger partial charge in [0.2, 0.25) is 0 Å². The van der Waals surface area contributed by atoms with Gasteiger partial charge < -0.3 is 9.47 Å². The van der Waals surface area contributed by atoms with Crippen LogP contribution in [-0.2, 0) is 11.3 Å². The molecule has 0 heterocycles. The SMILES string of the molecule is COCc1ccc(F)c(OC)c1C(C)=O. The molecule has 0 aromatic heterocycles. The Bertz CT molecular complexity index is 374. The van der Waals surface area contributed by atoms with Gasteiger partial charge in [0.1, 0.15) is 0 Å². The molecule has 0 atom stereocenters. The predicted molar refractivity (Wildman–Crippen MR) is 53.7 cm³/mol. The normalized spacial score (nSPS) is 10.1. The Balaban J connectivity index is 3.35. The molecule has 1 aromatic rings. The number of carbonyl (C=O) groups is 1. The molecule has 1 rings (SSSR count). The van der Waals surface area contributed by atoms with Crippen LogP contribution in [0.15, 0.2) is 12.1 Å². The zero-order valence-corrected chi connectivity index (χ0v) is 8.96. The van der Waals surface area contributed by atoms with Crippen molar-refractivity contribution in [3.05, 3.63) is 29.1 Å². The molecule has 0 saturated carbocycles. The van der Waals surface area contributed by atoms with E-state index in [0.717, 1.165) is 0 Å². The van der Waals surface area contributed by atoms with Gasteiger partial charge in [0.25, 0.3) is 0 Å². The highest BCUT2D eigenvalue weighted by Crippen LogP contribution is 2.26. The number of carbonyl (C=O) groups excluding carboxylic acids is 1. The number of hydrogen-bond donors (Lipinski definition) is 0. The second-order valence-corrected chi connectivity index (χ2v) is 3.10. The maximum Gasteiger partial charge on any atom is 0.165 e. The lowest BCUT2D eigenvalue weighted by Crippen LogP contribution is -2.06. The quantitative estimate of drug-likeness (QED) is 0.717.